The molecule has 0 aliphatic carbocycles. The number of aromatic nitrogens is 1. The number of carbonyl (C=O) groups is 2. The highest BCUT2D eigenvalue weighted by molar-refractivity contribution is 6.04. The van der Waals surface area contributed by atoms with Gasteiger partial charge in [0.1, 0.15) is 11.7 Å². The topological polar surface area (TPSA) is 79.3 Å². The molecule has 0 saturated carbocycles. The number of pyridine rings is 1. The third-order valence-electron chi connectivity index (χ3n) is 2.72. The standard InChI is InChI=1S/C14H20N2O3/c1-8-6-9(2)15-10(7-8)16-12(17)11(13(18)19)14(3,4)5/h6-7,11H,1-5H3,(H,18,19)(H,15,16,17). The molecule has 1 unspecified atom stereocenters. The maximum absolute atomic E-state index is 12.1. The Morgan fingerprint density at radius 1 is 1.26 bits per heavy atom. The van der Waals surface area contributed by atoms with Crippen molar-refractivity contribution in [3.05, 3.63) is 23.4 Å². The molecule has 0 aliphatic heterocycles. The van der Waals surface area contributed by atoms with Crippen molar-refractivity contribution in [2.75, 3.05) is 5.32 Å². The van der Waals surface area contributed by atoms with E-state index in [0.717, 1.165) is 11.3 Å². The summed E-state index contributed by atoms with van der Waals surface area (Å²) in [5.41, 5.74) is 1.08. The Bertz CT molecular complexity index is 484. The minimum atomic E-state index is -1.13. The molecule has 0 aliphatic rings. The summed E-state index contributed by atoms with van der Waals surface area (Å²) in [6, 6.07) is 3.60. The van der Waals surface area contributed by atoms with E-state index in [0.29, 0.717) is 5.82 Å². The number of nitrogens with one attached hydrogen (secondary N) is 1. The molecule has 1 heterocycles. The lowest BCUT2D eigenvalue weighted by Crippen LogP contribution is -2.39. The molecule has 0 saturated heterocycles. The monoisotopic (exact) mass is 264 g/mol. The van der Waals surface area contributed by atoms with Gasteiger partial charge in [-0.25, -0.2) is 4.98 Å². The third kappa shape index (κ3) is 4.05. The first-order chi connectivity index (χ1) is 8.61. The van der Waals surface area contributed by atoms with E-state index in [1.807, 2.05) is 19.9 Å². The molecule has 0 radical (unpaired) electrons. The van der Waals surface area contributed by atoms with Crippen LogP contribution >= 0.6 is 0 Å². The molecule has 0 bridgehead atoms. The van der Waals surface area contributed by atoms with Gasteiger partial charge in [-0.1, -0.05) is 20.8 Å². The van der Waals surface area contributed by atoms with Crippen LogP contribution in [-0.2, 0) is 9.59 Å². The van der Waals surface area contributed by atoms with Crippen LogP contribution in [0.5, 0.6) is 0 Å². The van der Waals surface area contributed by atoms with Crippen LogP contribution in [0.1, 0.15) is 32.0 Å². The fourth-order valence-corrected chi connectivity index (χ4v) is 1.98. The number of anilines is 1. The van der Waals surface area contributed by atoms with E-state index in [9.17, 15) is 14.7 Å². The molecule has 0 aromatic carbocycles. The summed E-state index contributed by atoms with van der Waals surface area (Å²) in [6.07, 6.45) is 0. The van der Waals surface area contributed by atoms with Crippen LogP contribution in [0.4, 0.5) is 5.82 Å². The van der Waals surface area contributed by atoms with Crippen LogP contribution in [0.15, 0.2) is 12.1 Å². The molecular weight excluding hydrogens is 244 g/mol. The first-order valence-corrected chi connectivity index (χ1v) is 6.10. The summed E-state index contributed by atoms with van der Waals surface area (Å²) < 4.78 is 0. The van der Waals surface area contributed by atoms with Crippen LogP contribution in [0.2, 0.25) is 0 Å². The van der Waals surface area contributed by atoms with Crippen LogP contribution in [-0.4, -0.2) is 22.0 Å². The van der Waals surface area contributed by atoms with Gasteiger partial charge in [0.2, 0.25) is 5.91 Å². The lowest BCUT2D eigenvalue weighted by Gasteiger charge is -2.25. The van der Waals surface area contributed by atoms with Gasteiger partial charge in [-0.3, -0.25) is 9.59 Å². The molecule has 1 atom stereocenters. The summed E-state index contributed by atoms with van der Waals surface area (Å²) in [7, 11) is 0. The summed E-state index contributed by atoms with van der Waals surface area (Å²) in [5, 5.41) is 11.8. The van der Waals surface area contributed by atoms with Crippen LogP contribution in [0.3, 0.4) is 0 Å². The second-order valence-electron chi connectivity index (χ2n) is 5.80. The van der Waals surface area contributed by atoms with Gasteiger partial charge in [0.25, 0.3) is 0 Å². The third-order valence-corrected chi connectivity index (χ3v) is 2.72. The number of aliphatic carboxylic acids is 1. The van der Waals surface area contributed by atoms with E-state index >= 15 is 0 Å². The van der Waals surface area contributed by atoms with Gasteiger partial charge < -0.3 is 10.4 Å². The Morgan fingerprint density at radius 3 is 2.26 bits per heavy atom. The molecule has 5 nitrogen and oxygen atoms in total. The molecule has 2 N–H and O–H groups in total. The number of nitrogens with zero attached hydrogens (tertiary/aromatic N) is 1. The van der Waals surface area contributed by atoms with Crippen molar-refractivity contribution in [2.24, 2.45) is 11.3 Å². The van der Waals surface area contributed by atoms with Crippen molar-refractivity contribution < 1.29 is 14.7 Å². The van der Waals surface area contributed by atoms with Crippen molar-refractivity contribution in [3.63, 3.8) is 0 Å². The lowest BCUT2D eigenvalue weighted by atomic mass is 9.80. The zero-order valence-electron chi connectivity index (χ0n) is 11.9. The second-order valence-corrected chi connectivity index (χ2v) is 5.80. The number of carboxylic acids is 1. The Balaban J connectivity index is 2.97. The van der Waals surface area contributed by atoms with Crippen LogP contribution < -0.4 is 5.32 Å². The molecule has 104 valence electrons. The highest BCUT2D eigenvalue weighted by Crippen LogP contribution is 2.27. The van der Waals surface area contributed by atoms with Crippen LogP contribution in [0, 0.1) is 25.2 Å². The maximum atomic E-state index is 12.1. The van der Waals surface area contributed by atoms with Gasteiger partial charge in [-0.05, 0) is 37.0 Å². The number of carboxylic acid groups (broad SMARTS) is 1. The molecule has 1 amide bonds. The van der Waals surface area contributed by atoms with Gasteiger partial charge in [0, 0.05) is 5.69 Å². The highest BCUT2D eigenvalue weighted by Gasteiger charge is 2.37. The fraction of sp³-hybridized carbons (Fsp3) is 0.500. The maximum Gasteiger partial charge on any atom is 0.316 e. The SMILES string of the molecule is Cc1cc(C)nc(NC(=O)C(C(=O)O)C(C)(C)C)c1. The number of hydrogen-bond donors (Lipinski definition) is 2. The molecule has 1 aromatic heterocycles. The Labute approximate surface area is 113 Å². The highest BCUT2D eigenvalue weighted by atomic mass is 16.4. The summed E-state index contributed by atoms with van der Waals surface area (Å²) in [4.78, 5) is 27.5. The average Bonchev–Trinajstić information content (AvgIpc) is 2.10. The lowest BCUT2D eigenvalue weighted by molar-refractivity contribution is -0.149. The minimum Gasteiger partial charge on any atom is -0.481 e. The molecular formula is C14H20N2O3. The predicted octanol–water partition coefficient (Wildman–Crippen LogP) is 2.38. The van der Waals surface area contributed by atoms with Crippen molar-refractivity contribution in [2.45, 2.75) is 34.6 Å². The predicted molar refractivity (Wildman–Crippen MR) is 72.9 cm³/mol. The number of hydrogen-bond acceptors (Lipinski definition) is 3. The largest absolute Gasteiger partial charge is 0.481 e. The first-order valence-electron chi connectivity index (χ1n) is 6.10. The molecule has 0 spiro atoms. The average molecular weight is 264 g/mol. The van der Waals surface area contributed by atoms with Crippen LogP contribution in [0.25, 0.3) is 0 Å². The van der Waals surface area contributed by atoms with E-state index in [2.05, 4.69) is 10.3 Å². The van der Waals surface area contributed by atoms with Gasteiger partial charge in [-0.15, -0.1) is 0 Å². The van der Waals surface area contributed by atoms with E-state index in [1.54, 1.807) is 26.8 Å². The number of rotatable bonds is 3. The second kappa shape index (κ2) is 5.38. The van der Waals surface area contributed by atoms with E-state index in [1.165, 1.54) is 0 Å². The zero-order valence-corrected chi connectivity index (χ0v) is 11.9. The Hall–Kier alpha value is -1.91. The quantitative estimate of drug-likeness (QED) is 0.821. The molecule has 19 heavy (non-hydrogen) atoms. The van der Waals surface area contributed by atoms with E-state index in [-0.39, 0.29) is 0 Å². The summed E-state index contributed by atoms with van der Waals surface area (Å²) in [6.45, 7) is 8.88. The minimum absolute atomic E-state index is 0.387. The first kappa shape index (κ1) is 15.1. The fourth-order valence-electron chi connectivity index (χ4n) is 1.98. The van der Waals surface area contributed by atoms with Gasteiger partial charge >= 0.3 is 5.97 Å². The van der Waals surface area contributed by atoms with Gasteiger partial charge in [-0.2, -0.15) is 0 Å². The van der Waals surface area contributed by atoms with E-state index < -0.39 is 23.2 Å². The van der Waals surface area contributed by atoms with Crippen molar-refractivity contribution in [3.8, 4) is 0 Å². The number of aryl methyl sites for hydroxylation is 2. The van der Waals surface area contributed by atoms with Gasteiger partial charge in [0.05, 0.1) is 0 Å². The summed E-state index contributed by atoms with van der Waals surface area (Å²) in [5.74, 6) is -2.40. The smallest absolute Gasteiger partial charge is 0.316 e. The number of carbonyl (C=O) groups excluding carboxylic acids is 1. The normalized spacial score (nSPS) is 12.9. The Morgan fingerprint density at radius 2 is 1.84 bits per heavy atom. The van der Waals surface area contributed by atoms with Crippen molar-refractivity contribution in [1.82, 2.24) is 4.98 Å². The molecule has 0 fully saturated rings. The van der Waals surface area contributed by atoms with Crippen molar-refractivity contribution >= 4 is 17.7 Å². The molecule has 5 heteroatoms. The zero-order chi connectivity index (χ0) is 14.8. The molecule has 1 aromatic rings. The van der Waals surface area contributed by atoms with E-state index in [4.69, 9.17) is 0 Å². The summed E-state index contributed by atoms with van der Waals surface area (Å²) >= 11 is 0. The Kier molecular flexibility index (Phi) is 4.29. The van der Waals surface area contributed by atoms with Crippen molar-refractivity contribution in [1.29, 1.82) is 0 Å². The molecule has 1 rings (SSSR count). The number of amides is 1. The van der Waals surface area contributed by atoms with Gasteiger partial charge in [0.15, 0.2) is 0 Å².